The van der Waals surface area contributed by atoms with Gasteiger partial charge in [0.25, 0.3) is 5.69 Å². The Bertz CT molecular complexity index is 523. The van der Waals surface area contributed by atoms with Gasteiger partial charge in [0.2, 0.25) is 0 Å². The lowest BCUT2D eigenvalue weighted by molar-refractivity contribution is -0.384. The molecule has 3 atom stereocenters. The fourth-order valence-electron chi connectivity index (χ4n) is 3.41. The molecule has 5 nitrogen and oxygen atoms in total. The summed E-state index contributed by atoms with van der Waals surface area (Å²) in [5.74, 6) is 1.02. The molecule has 1 heterocycles. The highest BCUT2D eigenvalue weighted by Crippen LogP contribution is 2.42. The lowest BCUT2D eigenvalue weighted by atomic mass is 9.98. The minimum Gasteiger partial charge on any atom is -0.365 e. The predicted molar refractivity (Wildman–Crippen MR) is 74.5 cm³/mol. The van der Waals surface area contributed by atoms with Gasteiger partial charge in [0.05, 0.1) is 4.92 Å². The van der Waals surface area contributed by atoms with Gasteiger partial charge in [0.1, 0.15) is 5.69 Å². The van der Waals surface area contributed by atoms with Crippen LogP contribution in [0.4, 0.5) is 11.4 Å². The third kappa shape index (κ3) is 2.17. The highest BCUT2D eigenvalue weighted by atomic mass is 35.5. The first-order valence-corrected chi connectivity index (χ1v) is 6.88. The lowest BCUT2D eigenvalue weighted by Gasteiger charge is -2.20. The number of rotatable bonds is 2. The molecule has 0 amide bonds. The molecule has 0 spiro atoms. The molecular formula is C13H16ClN3O2. The number of fused-ring (bicyclic) bond motifs is 1. The molecule has 1 aliphatic carbocycles. The van der Waals surface area contributed by atoms with E-state index in [2.05, 4.69) is 4.90 Å². The molecule has 1 aromatic rings. The summed E-state index contributed by atoms with van der Waals surface area (Å²) < 4.78 is 0. The second-order valence-electron chi connectivity index (χ2n) is 5.46. The zero-order valence-electron chi connectivity index (χ0n) is 10.5. The van der Waals surface area contributed by atoms with Crippen molar-refractivity contribution in [2.75, 3.05) is 18.0 Å². The van der Waals surface area contributed by atoms with Gasteiger partial charge < -0.3 is 10.6 Å². The van der Waals surface area contributed by atoms with Crippen molar-refractivity contribution in [3.8, 4) is 0 Å². The van der Waals surface area contributed by atoms with E-state index in [4.69, 9.17) is 17.3 Å². The van der Waals surface area contributed by atoms with Crippen molar-refractivity contribution in [3.05, 3.63) is 33.3 Å². The third-order valence-corrected chi connectivity index (χ3v) is 4.62. The smallest absolute Gasteiger partial charge is 0.292 e. The topological polar surface area (TPSA) is 72.4 Å². The fraction of sp³-hybridized carbons (Fsp3) is 0.538. The van der Waals surface area contributed by atoms with Gasteiger partial charge in [-0.05, 0) is 36.8 Å². The minimum atomic E-state index is -0.348. The Balaban J connectivity index is 1.91. The summed E-state index contributed by atoms with van der Waals surface area (Å²) in [6.07, 6.45) is 2.19. The first-order chi connectivity index (χ1) is 9.06. The maximum Gasteiger partial charge on any atom is 0.292 e. The summed E-state index contributed by atoms with van der Waals surface area (Å²) in [6.45, 7) is 1.65. The number of nitro groups is 1. The average Bonchev–Trinajstić information content (AvgIpc) is 2.91. The van der Waals surface area contributed by atoms with Gasteiger partial charge in [-0.15, -0.1) is 0 Å². The van der Waals surface area contributed by atoms with E-state index in [-0.39, 0.29) is 16.7 Å². The number of halogens is 1. The van der Waals surface area contributed by atoms with Crippen LogP contribution in [0.25, 0.3) is 0 Å². The first-order valence-electron chi connectivity index (χ1n) is 6.50. The van der Waals surface area contributed by atoms with Crippen molar-refractivity contribution >= 4 is 23.0 Å². The van der Waals surface area contributed by atoms with Crippen LogP contribution >= 0.6 is 11.6 Å². The Kier molecular flexibility index (Phi) is 3.11. The van der Waals surface area contributed by atoms with Gasteiger partial charge in [-0.1, -0.05) is 11.6 Å². The number of hydrogen-bond acceptors (Lipinski definition) is 4. The van der Waals surface area contributed by atoms with E-state index in [0.717, 1.165) is 25.9 Å². The predicted octanol–water partition coefficient (Wildman–Crippen LogP) is 2.42. The molecule has 102 valence electrons. The van der Waals surface area contributed by atoms with Gasteiger partial charge >= 0.3 is 0 Å². The van der Waals surface area contributed by atoms with Crippen molar-refractivity contribution in [1.29, 1.82) is 0 Å². The second-order valence-corrected chi connectivity index (χ2v) is 5.90. The van der Waals surface area contributed by atoms with Crippen molar-refractivity contribution < 1.29 is 4.92 Å². The van der Waals surface area contributed by atoms with Gasteiger partial charge in [-0.2, -0.15) is 0 Å². The Labute approximate surface area is 116 Å². The van der Waals surface area contributed by atoms with Crippen molar-refractivity contribution in [2.45, 2.75) is 18.9 Å². The van der Waals surface area contributed by atoms with Crippen molar-refractivity contribution in [1.82, 2.24) is 0 Å². The molecule has 2 fully saturated rings. The standard InChI is InChI=1S/C13H16ClN3O2/c14-9-2-4-12(17(18)19)13(5-9)16-6-8-1-3-11(15)10(8)7-16/h2,4-5,8,10-11H,1,3,6-7,15H2. The molecule has 3 rings (SSSR count). The highest BCUT2D eigenvalue weighted by molar-refractivity contribution is 6.31. The summed E-state index contributed by atoms with van der Waals surface area (Å²) in [5, 5.41) is 11.6. The summed E-state index contributed by atoms with van der Waals surface area (Å²) in [7, 11) is 0. The largest absolute Gasteiger partial charge is 0.365 e. The van der Waals surface area contributed by atoms with Crippen LogP contribution in [0.5, 0.6) is 0 Å². The van der Waals surface area contributed by atoms with E-state index in [0.29, 0.717) is 22.5 Å². The molecule has 1 saturated carbocycles. The van der Waals surface area contributed by atoms with Crippen LogP contribution in [-0.4, -0.2) is 24.1 Å². The number of nitrogens with zero attached hydrogens (tertiary/aromatic N) is 2. The molecule has 19 heavy (non-hydrogen) atoms. The third-order valence-electron chi connectivity index (χ3n) is 4.39. The Morgan fingerprint density at radius 1 is 1.37 bits per heavy atom. The van der Waals surface area contributed by atoms with E-state index in [1.807, 2.05) is 0 Å². The van der Waals surface area contributed by atoms with E-state index in [9.17, 15) is 10.1 Å². The minimum absolute atomic E-state index is 0.123. The van der Waals surface area contributed by atoms with Crippen LogP contribution in [0.2, 0.25) is 5.02 Å². The molecule has 2 N–H and O–H groups in total. The molecule has 0 radical (unpaired) electrons. The second kappa shape index (κ2) is 4.65. The van der Waals surface area contributed by atoms with E-state index in [1.54, 1.807) is 12.1 Å². The van der Waals surface area contributed by atoms with Crippen LogP contribution in [0, 0.1) is 22.0 Å². The summed E-state index contributed by atoms with van der Waals surface area (Å²) >= 11 is 5.98. The zero-order valence-corrected chi connectivity index (χ0v) is 11.2. The first kappa shape index (κ1) is 12.7. The molecular weight excluding hydrogens is 266 g/mol. The summed E-state index contributed by atoms with van der Waals surface area (Å²) in [5.41, 5.74) is 6.85. The molecule has 1 saturated heterocycles. The lowest BCUT2D eigenvalue weighted by Crippen LogP contribution is -2.30. The molecule has 3 unspecified atom stereocenters. The average molecular weight is 282 g/mol. The monoisotopic (exact) mass is 281 g/mol. The SMILES string of the molecule is NC1CCC2CN(c3cc(Cl)ccc3[N+](=O)[O-])CC12. The zero-order chi connectivity index (χ0) is 13.6. The number of nitrogens with two attached hydrogens (primary N) is 1. The maximum absolute atomic E-state index is 11.1. The van der Waals surface area contributed by atoms with Crippen LogP contribution in [0.1, 0.15) is 12.8 Å². The number of anilines is 1. The fourth-order valence-corrected chi connectivity index (χ4v) is 3.57. The molecule has 6 heteroatoms. The van der Waals surface area contributed by atoms with Crippen molar-refractivity contribution in [3.63, 3.8) is 0 Å². The van der Waals surface area contributed by atoms with Gasteiger partial charge in [0.15, 0.2) is 0 Å². The van der Waals surface area contributed by atoms with Crippen LogP contribution in [-0.2, 0) is 0 Å². The summed E-state index contributed by atoms with van der Waals surface area (Å²) in [6, 6.07) is 4.96. The van der Waals surface area contributed by atoms with Crippen molar-refractivity contribution in [2.24, 2.45) is 17.6 Å². The van der Waals surface area contributed by atoms with E-state index < -0.39 is 0 Å². The molecule has 2 aliphatic rings. The van der Waals surface area contributed by atoms with Crippen LogP contribution in [0.3, 0.4) is 0 Å². The number of benzene rings is 1. The Hall–Kier alpha value is -1.33. The molecule has 1 aliphatic heterocycles. The Morgan fingerprint density at radius 2 is 2.16 bits per heavy atom. The molecule has 0 aromatic heterocycles. The van der Waals surface area contributed by atoms with E-state index >= 15 is 0 Å². The Morgan fingerprint density at radius 3 is 2.84 bits per heavy atom. The van der Waals surface area contributed by atoms with Gasteiger partial charge in [-0.25, -0.2) is 0 Å². The number of nitro benzene ring substituents is 1. The molecule has 1 aromatic carbocycles. The highest BCUT2D eigenvalue weighted by Gasteiger charge is 2.42. The quantitative estimate of drug-likeness (QED) is 0.667. The van der Waals surface area contributed by atoms with Crippen LogP contribution in [0.15, 0.2) is 18.2 Å². The number of hydrogen-bond donors (Lipinski definition) is 1. The summed E-state index contributed by atoms with van der Waals surface area (Å²) in [4.78, 5) is 12.8. The van der Waals surface area contributed by atoms with Gasteiger partial charge in [0, 0.05) is 30.2 Å². The maximum atomic E-state index is 11.1. The van der Waals surface area contributed by atoms with Crippen LogP contribution < -0.4 is 10.6 Å². The normalized spacial score (nSPS) is 29.6. The molecule has 0 bridgehead atoms. The van der Waals surface area contributed by atoms with E-state index in [1.165, 1.54) is 6.07 Å². The van der Waals surface area contributed by atoms with Gasteiger partial charge in [-0.3, -0.25) is 10.1 Å².